The van der Waals surface area contributed by atoms with Crippen molar-refractivity contribution in [2.75, 3.05) is 11.9 Å². The highest BCUT2D eigenvalue weighted by Crippen LogP contribution is 2.33. The summed E-state index contributed by atoms with van der Waals surface area (Å²) in [7, 11) is 0. The van der Waals surface area contributed by atoms with Crippen LogP contribution in [-0.4, -0.2) is 40.9 Å². The van der Waals surface area contributed by atoms with E-state index in [2.05, 4.69) is 12.2 Å². The van der Waals surface area contributed by atoms with E-state index in [0.29, 0.717) is 25.1 Å². The fourth-order valence-electron chi connectivity index (χ4n) is 4.05. The molecule has 0 bridgehead atoms. The van der Waals surface area contributed by atoms with E-state index in [-0.39, 0.29) is 24.0 Å². The summed E-state index contributed by atoms with van der Waals surface area (Å²) in [5, 5.41) is 23.0. The number of anilines is 1. The van der Waals surface area contributed by atoms with Crippen molar-refractivity contribution in [3.8, 4) is 0 Å². The van der Waals surface area contributed by atoms with Crippen LogP contribution in [0.3, 0.4) is 0 Å². The van der Waals surface area contributed by atoms with E-state index in [1.165, 1.54) is 0 Å². The summed E-state index contributed by atoms with van der Waals surface area (Å²) in [6.07, 6.45) is 13.1. The maximum Gasteiger partial charge on any atom is 0.411 e. The maximum atomic E-state index is 12.3. The smallest absolute Gasteiger partial charge is 0.411 e. The second-order valence-corrected chi connectivity index (χ2v) is 8.70. The number of Topliss-reactive ketones (excluding diaryl/α,β-unsaturated/α-hetero) is 1. The summed E-state index contributed by atoms with van der Waals surface area (Å²) < 4.78 is 5.18. The van der Waals surface area contributed by atoms with Crippen LogP contribution in [0.5, 0.6) is 0 Å². The van der Waals surface area contributed by atoms with E-state index in [1.54, 1.807) is 18.2 Å². The molecule has 1 aromatic carbocycles. The van der Waals surface area contributed by atoms with Gasteiger partial charge in [-0.15, -0.1) is 0 Å². The average molecular weight is 458 g/mol. The number of aliphatic hydroxyl groups excluding tert-OH is 2. The summed E-state index contributed by atoms with van der Waals surface area (Å²) >= 11 is 0. The van der Waals surface area contributed by atoms with Crippen molar-refractivity contribution in [3.05, 3.63) is 54.6 Å². The number of carbonyl (C=O) groups excluding carboxylic acids is 2. The lowest BCUT2D eigenvalue weighted by Gasteiger charge is -2.16. The zero-order valence-corrected chi connectivity index (χ0v) is 19.7. The molecule has 1 aliphatic rings. The van der Waals surface area contributed by atoms with Crippen LogP contribution < -0.4 is 5.32 Å². The molecular formula is C27H39NO5. The Morgan fingerprint density at radius 3 is 2.73 bits per heavy atom. The molecule has 0 unspecified atom stereocenters. The number of rotatable bonds is 14. The third-order valence-corrected chi connectivity index (χ3v) is 5.97. The molecule has 0 spiro atoms. The molecule has 33 heavy (non-hydrogen) atoms. The molecule has 1 aliphatic carbocycles. The van der Waals surface area contributed by atoms with Crippen LogP contribution in [0.15, 0.2) is 54.6 Å². The van der Waals surface area contributed by atoms with Gasteiger partial charge in [0.1, 0.15) is 5.78 Å². The first-order chi connectivity index (χ1) is 16.0. The van der Waals surface area contributed by atoms with Gasteiger partial charge < -0.3 is 14.9 Å². The van der Waals surface area contributed by atoms with Crippen LogP contribution in [-0.2, 0) is 9.53 Å². The Balaban J connectivity index is 1.63. The van der Waals surface area contributed by atoms with Crippen molar-refractivity contribution in [2.45, 2.75) is 76.9 Å². The fourth-order valence-corrected chi connectivity index (χ4v) is 4.05. The molecule has 182 valence electrons. The average Bonchev–Trinajstić information content (AvgIpc) is 3.07. The highest BCUT2D eigenvalue weighted by Gasteiger charge is 2.39. The lowest BCUT2D eigenvalue weighted by Crippen LogP contribution is -2.18. The van der Waals surface area contributed by atoms with Crippen molar-refractivity contribution >= 4 is 17.6 Å². The van der Waals surface area contributed by atoms with Crippen LogP contribution in [0.25, 0.3) is 0 Å². The quantitative estimate of drug-likeness (QED) is 0.256. The molecule has 1 aromatic rings. The summed E-state index contributed by atoms with van der Waals surface area (Å²) in [4.78, 5) is 24.0. The van der Waals surface area contributed by atoms with Crippen LogP contribution >= 0.6 is 0 Å². The second-order valence-electron chi connectivity index (χ2n) is 8.70. The van der Waals surface area contributed by atoms with Gasteiger partial charge in [0.2, 0.25) is 0 Å². The first-order valence-electron chi connectivity index (χ1n) is 12.2. The molecule has 1 saturated carbocycles. The van der Waals surface area contributed by atoms with Gasteiger partial charge in [-0.3, -0.25) is 10.1 Å². The van der Waals surface area contributed by atoms with Crippen molar-refractivity contribution in [1.82, 2.24) is 0 Å². The minimum Gasteiger partial charge on any atom is -0.449 e. The predicted molar refractivity (Wildman–Crippen MR) is 131 cm³/mol. The number of allylic oxidation sites excluding steroid dienone is 2. The lowest BCUT2D eigenvalue weighted by molar-refractivity contribution is -0.121. The summed E-state index contributed by atoms with van der Waals surface area (Å²) in [5.41, 5.74) is 0.705. The third kappa shape index (κ3) is 10.4. The minimum absolute atomic E-state index is 0.0834. The molecule has 1 amide bonds. The van der Waals surface area contributed by atoms with Crippen molar-refractivity contribution in [1.29, 1.82) is 0 Å². The van der Waals surface area contributed by atoms with Crippen LogP contribution in [0.4, 0.5) is 10.5 Å². The standard InChI is InChI=1S/C27H39NO5/c1-2-3-8-15-22(29)17-18-24-23(25(30)20-26(24)31)16-11-5-4-6-12-19-33-27(32)28-21-13-9-7-10-14-21/h5,7,9-11,13-14,17-18,22-24,26,29,31H,2-4,6,8,12,15-16,19-20H2,1H3,(H,28,32)/t22-,23+,24+,26+/m0/s1. The third-order valence-electron chi connectivity index (χ3n) is 5.97. The van der Waals surface area contributed by atoms with E-state index >= 15 is 0 Å². The zero-order valence-electron chi connectivity index (χ0n) is 19.7. The molecule has 0 saturated heterocycles. The molecule has 1 fully saturated rings. The lowest BCUT2D eigenvalue weighted by atomic mass is 9.90. The topological polar surface area (TPSA) is 95.9 Å². The Bertz CT molecular complexity index is 761. The Kier molecular flexibility index (Phi) is 12.5. The first-order valence-corrected chi connectivity index (χ1v) is 12.2. The van der Waals surface area contributed by atoms with E-state index in [9.17, 15) is 19.8 Å². The number of aliphatic hydroxyl groups is 2. The summed E-state index contributed by atoms with van der Waals surface area (Å²) in [6.45, 7) is 2.48. The first kappa shape index (κ1) is 26.8. The van der Waals surface area contributed by atoms with E-state index in [1.807, 2.05) is 36.4 Å². The van der Waals surface area contributed by atoms with Gasteiger partial charge in [-0.05, 0) is 44.2 Å². The Morgan fingerprint density at radius 2 is 1.97 bits per heavy atom. The van der Waals surface area contributed by atoms with Gasteiger partial charge >= 0.3 is 6.09 Å². The highest BCUT2D eigenvalue weighted by atomic mass is 16.5. The molecule has 6 heteroatoms. The number of benzene rings is 1. The monoisotopic (exact) mass is 457 g/mol. The highest BCUT2D eigenvalue weighted by molar-refractivity contribution is 5.85. The van der Waals surface area contributed by atoms with Gasteiger partial charge in [0.15, 0.2) is 0 Å². The molecule has 0 radical (unpaired) electrons. The van der Waals surface area contributed by atoms with Gasteiger partial charge in [0.25, 0.3) is 0 Å². The minimum atomic E-state index is -0.672. The van der Waals surface area contributed by atoms with E-state index < -0.39 is 18.3 Å². The van der Waals surface area contributed by atoms with E-state index in [0.717, 1.165) is 38.5 Å². The Labute approximate surface area is 197 Å². The molecule has 0 aromatic heterocycles. The number of para-hydroxylation sites is 1. The van der Waals surface area contributed by atoms with Crippen LogP contribution in [0.2, 0.25) is 0 Å². The van der Waals surface area contributed by atoms with Gasteiger partial charge in [0.05, 0.1) is 18.8 Å². The van der Waals surface area contributed by atoms with E-state index in [4.69, 9.17) is 4.74 Å². The summed E-state index contributed by atoms with van der Waals surface area (Å²) in [6, 6.07) is 9.18. The van der Waals surface area contributed by atoms with Crippen molar-refractivity contribution < 1.29 is 24.5 Å². The van der Waals surface area contributed by atoms with Gasteiger partial charge in [-0.2, -0.15) is 0 Å². The number of unbranched alkanes of at least 4 members (excludes halogenated alkanes) is 4. The number of hydrogen-bond donors (Lipinski definition) is 3. The fraction of sp³-hybridized carbons (Fsp3) is 0.556. The molecule has 6 nitrogen and oxygen atoms in total. The number of nitrogens with one attached hydrogen (secondary N) is 1. The van der Waals surface area contributed by atoms with Gasteiger partial charge in [-0.1, -0.05) is 68.7 Å². The zero-order chi connectivity index (χ0) is 23.9. The molecule has 2 rings (SSSR count). The Hall–Kier alpha value is -2.44. The second kappa shape index (κ2) is 15.4. The predicted octanol–water partition coefficient (Wildman–Crippen LogP) is 5.42. The molecule has 0 heterocycles. The molecule has 3 N–H and O–H groups in total. The molecular weight excluding hydrogens is 418 g/mol. The normalized spacial score (nSPS) is 21.7. The SMILES string of the molecule is CCCCC[C@H](O)C=C[C@H]1[C@H](O)CC(=O)[C@@H]1CC=CCCCCOC(=O)Nc1ccccc1. The van der Waals surface area contributed by atoms with Crippen molar-refractivity contribution in [3.63, 3.8) is 0 Å². The maximum absolute atomic E-state index is 12.3. The van der Waals surface area contributed by atoms with Gasteiger partial charge in [-0.25, -0.2) is 4.79 Å². The van der Waals surface area contributed by atoms with Crippen molar-refractivity contribution in [2.24, 2.45) is 11.8 Å². The number of amides is 1. The number of ketones is 1. The van der Waals surface area contributed by atoms with Crippen LogP contribution in [0.1, 0.15) is 64.7 Å². The number of carbonyl (C=O) groups is 2. The Morgan fingerprint density at radius 1 is 1.18 bits per heavy atom. The van der Waals surface area contributed by atoms with Crippen LogP contribution in [0, 0.1) is 11.8 Å². The van der Waals surface area contributed by atoms with Gasteiger partial charge in [0, 0.05) is 23.9 Å². The summed E-state index contributed by atoms with van der Waals surface area (Å²) in [5.74, 6) is -0.389. The molecule has 0 aliphatic heterocycles. The number of hydrogen-bond acceptors (Lipinski definition) is 5. The largest absolute Gasteiger partial charge is 0.449 e. The number of ether oxygens (including phenoxy) is 1. The molecule has 4 atom stereocenters.